The van der Waals surface area contributed by atoms with Crippen LogP contribution in [0.1, 0.15) is 163 Å². The number of aliphatic hydroxyl groups excluding tert-OH is 4. The summed E-state index contributed by atoms with van der Waals surface area (Å²) in [5, 5.41) is 87.5. The summed E-state index contributed by atoms with van der Waals surface area (Å²) >= 11 is 0. The minimum atomic E-state index is -0.852. The van der Waals surface area contributed by atoms with Gasteiger partial charge in [0.1, 0.15) is 23.1 Å². The smallest absolute Gasteiger partial charge is 0.232 e. The Bertz CT molecular complexity index is 5180. The number of allylic oxidation sites excluding steroid dienone is 2. The molecule has 2 atom stereocenters. The van der Waals surface area contributed by atoms with Gasteiger partial charge in [0, 0.05) is 67.7 Å². The molecule has 10 aromatic carbocycles. The highest BCUT2D eigenvalue weighted by atomic mass is 16.5. The van der Waals surface area contributed by atoms with E-state index in [1.165, 1.54) is 52.3 Å². The van der Waals surface area contributed by atoms with E-state index < -0.39 is 49.1 Å². The number of methoxy groups -OCH3 is 2. The summed E-state index contributed by atoms with van der Waals surface area (Å²) in [5.41, 5.74) is 5.51. The molecule has 10 aromatic rings. The highest BCUT2D eigenvalue weighted by molar-refractivity contribution is 6.42. The summed E-state index contributed by atoms with van der Waals surface area (Å²) in [6, 6.07) is 5.59. The van der Waals surface area contributed by atoms with Gasteiger partial charge in [-0.3, -0.25) is 28.8 Å². The minimum absolute atomic E-state index is 0.000359. The van der Waals surface area contributed by atoms with Crippen LogP contribution in [-0.2, 0) is 36.0 Å². The number of rotatable bonds is 16. The number of aromatic hydroxyl groups is 2. The zero-order valence-corrected chi connectivity index (χ0v) is 53.5. The second kappa shape index (κ2) is 22.4. The maximum Gasteiger partial charge on any atom is 0.232 e. The van der Waals surface area contributed by atoms with Gasteiger partial charge in [-0.2, -0.15) is 0 Å². The Morgan fingerprint density at radius 1 is 0.457 bits per heavy atom. The van der Waals surface area contributed by atoms with Crippen LogP contribution in [0.15, 0.2) is 54.6 Å². The number of hydrogen-bond acceptors (Lipinski definition) is 18. The lowest BCUT2D eigenvalue weighted by Gasteiger charge is -2.42. The molecule has 0 saturated heterocycles. The number of phenolic OH excluding ortho intramolecular Hbond substituents is 2. The fourth-order valence-electron chi connectivity index (χ4n) is 17.4. The van der Waals surface area contributed by atoms with Gasteiger partial charge < -0.3 is 61.4 Å². The first-order valence-electron chi connectivity index (χ1n) is 31.9. The molecule has 18 nitrogen and oxygen atoms in total. The lowest BCUT2D eigenvalue weighted by Crippen LogP contribution is -2.48. The molecule has 14 rings (SSSR count). The molecule has 10 N–H and O–H groups in total. The summed E-state index contributed by atoms with van der Waals surface area (Å²) in [4.78, 5) is 84.0. The van der Waals surface area contributed by atoms with Crippen molar-refractivity contribution in [3.05, 3.63) is 121 Å². The maximum absolute atomic E-state index is 14.3. The number of Topliss-reactive ketones (excluding diaryl/α,β-unsaturated/α-hetero) is 2. The van der Waals surface area contributed by atoms with Gasteiger partial charge in [-0.25, -0.2) is 0 Å². The van der Waals surface area contributed by atoms with E-state index in [9.17, 15) is 59.4 Å². The number of carbonyl (C=O) groups is 2. The molecule has 18 heteroatoms. The van der Waals surface area contributed by atoms with Crippen LogP contribution in [0, 0.1) is 0 Å². The van der Waals surface area contributed by atoms with Crippen LogP contribution in [0.2, 0.25) is 0 Å². The largest absolute Gasteiger partial charge is 0.507 e. The van der Waals surface area contributed by atoms with Gasteiger partial charge >= 0.3 is 0 Å². The highest BCUT2D eigenvalue weighted by Gasteiger charge is 2.43. The molecule has 0 spiro atoms. The predicted octanol–water partition coefficient (Wildman–Crippen LogP) is 11.7. The van der Waals surface area contributed by atoms with E-state index in [4.69, 9.17) is 9.47 Å². The SMILES string of the molecule is CCCC1(CCC)CNc2c(c3c(=O)cc(CO)c4c5c(CO)cc(O)c6c(=O)c(OC)c7c(c(c2C=C(C)C7C(C)=O)c34)c65)N1.CCCC1(CCC)CNc2c(c3c4c5c(c(OC)c(=O)c6c(O)cc(CO)c(c7c(CO)cc(=O)c2c74)c65)C(C(C)=O)C(C)=C3)N1. The molecule has 2 unspecified atom stereocenters. The molecule has 0 saturated carbocycles. The zero-order chi connectivity index (χ0) is 65.6. The third-order valence-corrected chi connectivity index (χ3v) is 20.5. The Morgan fingerprint density at radius 2 is 0.793 bits per heavy atom. The first-order valence-corrected chi connectivity index (χ1v) is 31.9. The van der Waals surface area contributed by atoms with Crippen molar-refractivity contribution in [2.75, 3.05) is 48.6 Å². The number of ketones is 2. The molecule has 476 valence electrons. The third-order valence-electron chi connectivity index (χ3n) is 20.5. The second-order valence-electron chi connectivity index (χ2n) is 26.1. The Labute approximate surface area is 528 Å². The van der Waals surface area contributed by atoms with E-state index in [1.807, 2.05) is 26.0 Å². The average molecular weight is 1250 g/mol. The molecule has 4 aliphatic rings. The van der Waals surface area contributed by atoms with Gasteiger partial charge in [0.25, 0.3) is 0 Å². The van der Waals surface area contributed by atoms with E-state index >= 15 is 0 Å². The van der Waals surface area contributed by atoms with Crippen LogP contribution in [0.25, 0.3) is 98.3 Å². The number of benzene rings is 10. The number of nitrogens with one attached hydrogen (secondary N) is 4. The van der Waals surface area contributed by atoms with Gasteiger partial charge in [0.05, 0.1) is 108 Å². The summed E-state index contributed by atoms with van der Waals surface area (Å²) in [6.07, 6.45) is 11.2. The highest BCUT2D eigenvalue weighted by Crippen LogP contribution is 2.59. The number of aliphatic hydroxyl groups is 4. The standard InChI is InChI=1S/2C37H38N2O7/c1-6-8-37(9-7-2)15-38-34-27-21(43)11-18(13-40)24-25-19(14-41)12-22(44)28-30(25)31-26(29(24)27)20(33(34)39-37)10-16(3)23(17(4)42)32(31)36(46-5)35(28)45;1-6-8-37(9-7-2)15-38-33-20-10-16(3)23(17(4)42)32-31-26(20)29-24(18(13-40)11-21(43)27(29)34(33)39-37)25-19(14-41)12-22(44)28(30(25)31)35(45)36(32)46-5/h2*10-12,23,38-41,44H,6-9,13-15H2,1-5H3. The Kier molecular flexibility index (Phi) is 15.1. The van der Waals surface area contributed by atoms with Crippen molar-refractivity contribution in [1.82, 2.24) is 0 Å². The number of phenols is 2. The van der Waals surface area contributed by atoms with Gasteiger partial charge in [0.2, 0.25) is 10.9 Å². The van der Waals surface area contributed by atoms with E-state index in [0.29, 0.717) is 144 Å². The fraction of sp³-hybridized carbons (Fsp3) is 0.378. The maximum atomic E-state index is 14.3. The molecule has 2 aliphatic heterocycles. The second-order valence-corrected chi connectivity index (χ2v) is 26.1. The number of anilines is 4. The topological polar surface area (TPSA) is 290 Å². The summed E-state index contributed by atoms with van der Waals surface area (Å²) < 4.78 is 11.6. The zero-order valence-electron chi connectivity index (χ0n) is 53.5. The monoisotopic (exact) mass is 1240 g/mol. The van der Waals surface area contributed by atoms with E-state index in [-0.39, 0.29) is 67.3 Å². The number of ether oxygens (including phenoxy) is 2. The molecule has 0 bridgehead atoms. The van der Waals surface area contributed by atoms with Gasteiger partial charge in [-0.1, -0.05) is 76.7 Å². The van der Waals surface area contributed by atoms with Crippen molar-refractivity contribution < 1.29 is 49.7 Å². The van der Waals surface area contributed by atoms with Crippen LogP contribution < -0.4 is 52.5 Å². The lowest BCUT2D eigenvalue weighted by atomic mass is 9.78. The molecule has 2 heterocycles. The van der Waals surface area contributed by atoms with E-state index in [0.717, 1.165) is 73.9 Å². The summed E-state index contributed by atoms with van der Waals surface area (Å²) in [6.45, 7) is 14.6. The van der Waals surface area contributed by atoms with Crippen LogP contribution in [0.5, 0.6) is 23.0 Å². The van der Waals surface area contributed by atoms with Crippen LogP contribution in [0.4, 0.5) is 22.7 Å². The molecule has 92 heavy (non-hydrogen) atoms. The van der Waals surface area contributed by atoms with Crippen molar-refractivity contribution in [3.63, 3.8) is 0 Å². The lowest BCUT2D eigenvalue weighted by molar-refractivity contribution is -0.118. The van der Waals surface area contributed by atoms with Crippen molar-refractivity contribution in [2.24, 2.45) is 0 Å². The van der Waals surface area contributed by atoms with Gasteiger partial charge in [-0.05, 0) is 132 Å². The molecule has 0 aromatic heterocycles. The van der Waals surface area contributed by atoms with Crippen molar-refractivity contribution >= 4 is 133 Å². The third kappa shape index (κ3) is 8.38. The van der Waals surface area contributed by atoms with E-state index in [2.05, 4.69) is 49.0 Å². The summed E-state index contributed by atoms with van der Waals surface area (Å²) in [7, 11) is 2.75. The quantitative estimate of drug-likeness (QED) is 0.0318. The van der Waals surface area contributed by atoms with Crippen LogP contribution in [-0.4, -0.2) is 80.6 Å². The Balaban J connectivity index is 0.000000168. The molecule has 2 aliphatic carbocycles. The molecule has 0 radical (unpaired) electrons. The predicted molar refractivity (Wildman–Crippen MR) is 366 cm³/mol. The van der Waals surface area contributed by atoms with Crippen molar-refractivity contribution in [2.45, 2.75) is 156 Å². The number of hydrogen-bond donors (Lipinski definition) is 10. The Hall–Kier alpha value is -8.94. The summed E-state index contributed by atoms with van der Waals surface area (Å²) in [5.74, 6) is -2.83. The molecule has 0 fully saturated rings. The number of carbonyl (C=O) groups excluding carboxylic acids is 2. The minimum Gasteiger partial charge on any atom is -0.507 e. The van der Waals surface area contributed by atoms with E-state index in [1.54, 1.807) is 0 Å². The fourth-order valence-corrected chi connectivity index (χ4v) is 17.4. The van der Waals surface area contributed by atoms with Crippen molar-refractivity contribution in [1.29, 1.82) is 0 Å². The first-order chi connectivity index (χ1) is 44.1. The average Bonchev–Trinajstić information content (AvgIpc) is 1.02. The van der Waals surface area contributed by atoms with Gasteiger partial charge in [0.15, 0.2) is 22.4 Å². The van der Waals surface area contributed by atoms with Gasteiger partial charge in [-0.15, -0.1) is 0 Å². The van der Waals surface area contributed by atoms with Crippen LogP contribution in [0.3, 0.4) is 0 Å². The van der Waals surface area contributed by atoms with Crippen molar-refractivity contribution in [3.8, 4) is 23.0 Å². The molecular weight excluding hydrogens is 1170 g/mol. The Morgan fingerprint density at radius 3 is 1.15 bits per heavy atom. The molecular formula is C74H76N4O14. The normalized spacial score (nSPS) is 16.9. The van der Waals surface area contributed by atoms with Crippen LogP contribution >= 0.6 is 0 Å². The molecule has 0 amide bonds. The number of fused-ring (bicyclic) bond motifs is 8. The first kappa shape index (κ1) is 61.9.